The summed E-state index contributed by atoms with van der Waals surface area (Å²) in [6, 6.07) is 5.76. The summed E-state index contributed by atoms with van der Waals surface area (Å²) in [4.78, 5) is 8.05. The first-order valence-electron chi connectivity index (χ1n) is 5.43. The number of hydrogen-bond donors (Lipinski definition) is 0. The van der Waals surface area contributed by atoms with Gasteiger partial charge in [0.05, 0.1) is 25.2 Å². The summed E-state index contributed by atoms with van der Waals surface area (Å²) >= 11 is 5.66. The van der Waals surface area contributed by atoms with Crippen molar-refractivity contribution in [2.75, 3.05) is 7.11 Å². The number of hydrogen-bond acceptors (Lipinski definition) is 4. The monoisotopic (exact) mass is 264 g/mol. The van der Waals surface area contributed by atoms with Crippen LogP contribution in [0.2, 0.25) is 5.15 Å². The minimum atomic E-state index is 0.323. The van der Waals surface area contributed by atoms with E-state index in [2.05, 4.69) is 9.97 Å². The minimum Gasteiger partial charge on any atom is -0.493 e. The van der Waals surface area contributed by atoms with E-state index in [0.717, 1.165) is 5.56 Å². The molecule has 94 valence electrons. The van der Waals surface area contributed by atoms with Crippen molar-refractivity contribution in [1.29, 1.82) is 0 Å². The Kier molecular flexibility index (Phi) is 3.99. The van der Waals surface area contributed by atoms with Gasteiger partial charge in [0, 0.05) is 0 Å². The Labute approximate surface area is 111 Å². The summed E-state index contributed by atoms with van der Waals surface area (Å²) in [6.07, 6.45) is 3.08. The molecule has 1 aromatic carbocycles. The third-order valence-electron chi connectivity index (χ3n) is 2.37. The van der Waals surface area contributed by atoms with Crippen LogP contribution in [0.1, 0.15) is 11.3 Å². The molecule has 0 saturated heterocycles. The number of ether oxygens (including phenoxy) is 2. The van der Waals surface area contributed by atoms with E-state index in [9.17, 15) is 0 Å². The first-order valence-corrected chi connectivity index (χ1v) is 5.80. The van der Waals surface area contributed by atoms with Crippen LogP contribution < -0.4 is 9.47 Å². The lowest BCUT2D eigenvalue weighted by molar-refractivity contribution is 0.280. The van der Waals surface area contributed by atoms with E-state index in [1.54, 1.807) is 13.3 Å². The largest absolute Gasteiger partial charge is 0.493 e. The van der Waals surface area contributed by atoms with E-state index in [1.165, 1.54) is 6.20 Å². The fourth-order valence-electron chi connectivity index (χ4n) is 1.46. The summed E-state index contributed by atoms with van der Waals surface area (Å²) < 4.78 is 10.9. The number of benzene rings is 1. The number of rotatable bonds is 4. The Hall–Kier alpha value is -1.81. The molecular weight excluding hydrogens is 252 g/mol. The average Bonchev–Trinajstić information content (AvgIpc) is 2.39. The predicted molar refractivity (Wildman–Crippen MR) is 69.1 cm³/mol. The molecule has 0 aliphatic rings. The second-order valence-corrected chi connectivity index (χ2v) is 4.16. The van der Waals surface area contributed by atoms with Crippen LogP contribution in [0.5, 0.6) is 11.5 Å². The normalized spacial score (nSPS) is 10.2. The highest BCUT2D eigenvalue weighted by atomic mass is 35.5. The molecule has 0 spiro atoms. The molecule has 0 bridgehead atoms. The molecule has 5 heteroatoms. The fraction of sp³-hybridized carbons (Fsp3) is 0.231. The highest BCUT2D eigenvalue weighted by molar-refractivity contribution is 6.29. The molecule has 0 radical (unpaired) electrons. The molecule has 0 atom stereocenters. The third kappa shape index (κ3) is 3.11. The van der Waals surface area contributed by atoms with Crippen molar-refractivity contribution in [2.24, 2.45) is 0 Å². The van der Waals surface area contributed by atoms with Gasteiger partial charge in [-0.25, -0.2) is 4.98 Å². The SMILES string of the molecule is COc1cc(C)ccc1OCc1cnc(Cl)cn1. The van der Waals surface area contributed by atoms with Crippen molar-refractivity contribution in [3.05, 3.63) is 47.0 Å². The van der Waals surface area contributed by atoms with Gasteiger partial charge in [0.15, 0.2) is 11.5 Å². The van der Waals surface area contributed by atoms with Gasteiger partial charge in [-0.1, -0.05) is 17.7 Å². The fourth-order valence-corrected chi connectivity index (χ4v) is 1.56. The summed E-state index contributed by atoms with van der Waals surface area (Å²) in [5.74, 6) is 1.39. The van der Waals surface area contributed by atoms with Crippen LogP contribution >= 0.6 is 11.6 Å². The number of aromatic nitrogens is 2. The molecule has 1 heterocycles. The molecule has 2 rings (SSSR count). The maximum atomic E-state index is 5.66. The maximum Gasteiger partial charge on any atom is 0.161 e. The summed E-state index contributed by atoms with van der Waals surface area (Å²) in [7, 11) is 1.61. The Morgan fingerprint density at radius 2 is 2.00 bits per heavy atom. The number of aryl methyl sites for hydroxylation is 1. The first kappa shape index (κ1) is 12.6. The molecule has 4 nitrogen and oxygen atoms in total. The molecule has 0 fully saturated rings. The van der Waals surface area contributed by atoms with Crippen LogP contribution in [0, 0.1) is 6.92 Å². The van der Waals surface area contributed by atoms with Crippen LogP contribution in [0.4, 0.5) is 0 Å². The lowest BCUT2D eigenvalue weighted by atomic mass is 10.2. The molecule has 0 unspecified atom stereocenters. The van der Waals surface area contributed by atoms with Gasteiger partial charge >= 0.3 is 0 Å². The highest BCUT2D eigenvalue weighted by Crippen LogP contribution is 2.28. The molecule has 2 aromatic rings. The van der Waals surface area contributed by atoms with Crippen LogP contribution in [0.25, 0.3) is 0 Å². The van der Waals surface area contributed by atoms with Crippen LogP contribution in [0.3, 0.4) is 0 Å². The van der Waals surface area contributed by atoms with Crippen LogP contribution in [-0.2, 0) is 6.61 Å². The van der Waals surface area contributed by atoms with E-state index < -0.39 is 0 Å². The van der Waals surface area contributed by atoms with Gasteiger partial charge in [0.25, 0.3) is 0 Å². The minimum absolute atomic E-state index is 0.323. The van der Waals surface area contributed by atoms with Crippen molar-refractivity contribution in [3.8, 4) is 11.5 Å². The zero-order valence-corrected chi connectivity index (χ0v) is 10.9. The average molecular weight is 265 g/mol. The molecular formula is C13H13ClN2O2. The van der Waals surface area contributed by atoms with Crippen molar-refractivity contribution in [3.63, 3.8) is 0 Å². The van der Waals surface area contributed by atoms with Crippen molar-refractivity contribution in [2.45, 2.75) is 13.5 Å². The van der Waals surface area contributed by atoms with E-state index >= 15 is 0 Å². The molecule has 0 saturated carbocycles. The molecule has 0 aliphatic carbocycles. The van der Waals surface area contributed by atoms with E-state index in [0.29, 0.717) is 29.0 Å². The van der Waals surface area contributed by atoms with Crippen molar-refractivity contribution in [1.82, 2.24) is 9.97 Å². The lowest BCUT2D eigenvalue weighted by Gasteiger charge is -2.10. The van der Waals surface area contributed by atoms with Gasteiger partial charge in [-0.05, 0) is 24.6 Å². The molecule has 0 amide bonds. The van der Waals surface area contributed by atoms with Gasteiger partial charge in [-0.15, -0.1) is 0 Å². The Morgan fingerprint density at radius 1 is 1.17 bits per heavy atom. The molecule has 0 N–H and O–H groups in total. The second kappa shape index (κ2) is 5.69. The van der Waals surface area contributed by atoms with Gasteiger partial charge in [0.1, 0.15) is 11.8 Å². The smallest absolute Gasteiger partial charge is 0.161 e. The summed E-state index contributed by atoms with van der Waals surface area (Å²) in [6.45, 7) is 2.32. The Bertz CT molecular complexity index is 529. The van der Waals surface area contributed by atoms with E-state index in [-0.39, 0.29) is 0 Å². The topological polar surface area (TPSA) is 44.2 Å². The first-order chi connectivity index (χ1) is 8.69. The highest BCUT2D eigenvalue weighted by Gasteiger charge is 2.05. The number of methoxy groups -OCH3 is 1. The third-order valence-corrected chi connectivity index (χ3v) is 2.56. The number of halogens is 1. The van der Waals surface area contributed by atoms with Gasteiger partial charge in [0.2, 0.25) is 0 Å². The molecule has 0 aliphatic heterocycles. The second-order valence-electron chi connectivity index (χ2n) is 3.77. The lowest BCUT2D eigenvalue weighted by Crippen LogP contribution is -2.00. The van der Waals surface area contributed by atoms with Crippen LogP contribution in [0.15, 0.2) is 30.6 Å². The summed E-state index contributed by atoms with van der Waals surface area (Å²) in [5, 5.41) is 0.367. The van der Waals surface area contributed by atoms with Crippen molar-refractivity contribution >= 4 is 11.6 Å². The quantitative estimate of drug-likeness (QED) is 0.851. The molecule has 18 heavy (non-hydrogen) atoms. The van der Waals surface area contributed by atoms with Gasteiger partial charge in [-0.2, -0.15) is 0 Å². The standard InChI is InChI=1S/C13H13ClN2O2/c1-9-3-4-11(12(5-9)17-2)18-8-10-6-16-13(14)7-15-10/h3-7H,8H2,1-2H3. The van der Waals surface area contributed by atoms with Crippen LogP contribution in [-0.4, -0.2) is 17.1 Å². The Morgan fingerprint density at radius 3 is 2.67 bits per heavy atom. The Balaban J connectivity index is 2.08. The van der Waals surface area contributed by atoms with E-state index in [4.69, 9.17) is 21.1 Å². The van der Waals surface area contributed by atoms with Crippen molar-refractivity contribution < 1.29 is 9.47 Å². The zero-order chi connectivity index (χ0) is 13.0. The maximum absolute atomic E-state index is 5.66. The molecule has 1 aromatic heterocycles. The van der Waals surface area contributed by atoms with Gasteiger partial charge in [-0.3, -0.25) is 4.98 Å². The number of nitrogens with zero attached hydrogens (tertiary/aromatic N) is 2. The van der Waals surface area contributed by atoms with Gasteiger partial charge < -0.3 is 9.47 Å². The predicted octanol–water partition coefficient (Wildman–Crippen LogP) is 3.03. The zero-order valence-electron chi connectivity index (χ0n) is 10.2. The summed E-state index contributed by atoms with van der Waals surface area (Å²) in [5.41, 5.74) is 1.83. The van der Waals surface area contributed by atoms with E-state index in [1.807, 2.05) is 25.1 Å².